The molecule has 1 N–H and O–H groups in total. The maximum Gasteiger partial charge on any atom is 0.193 e. The van der Waals surface area contributed by atoms with Crippen LogP contribution in [0.1, 0.15) is 12.8 Å². The van der Waals surface area contributed by atoms with E-state index in [4.69, 9.17) is 0 Å². The minimum Gasteiger partial charge on any atom is -0.356 e. The molecule has 1 aliphatic heterocycles. The van der Waals surface area contributed by atoms with Gasteiger partial charge in [0.05, 0.1) is 10.6 Å². The summed E-state index contributed by atoms with van der Waals surface area (Å²) in [5.74, 6) is 2.75. The van der Waals surface area contributed by atoms with Gasteiger partial charge in [0.25, 0.3) is 0 Å². The van der Waals surface area contributed by atoms with Gasteiger partial charge in [-0.25, -0.2) is 8.42 Å². The lowest BCUT2D eigenvalue weighted by atomic mass is 10.2. The second-order valence-electron chi connectivity index (χ2n) is 7.18. The highest BCUT2D eigenvalue weighted by Gasteiger charge is 2.25. The van der Waals surface area contributed by atoms with Crippen LogP contribution in [0.15, 0.2) is 75.4 Å². The first-order chi connectivity index (χ1) is 14.1. The molecule has 164 valence electrons. The number of halogens is 1. The van der Waals surface area contributed by atoms with Gasteiger partial charge in [-0.2, -0.15) is 0 Å². The van der Waals surface area contributed by atoms with Crippen molar-refractivity contribution in [3.8, 4) is 0 Å². The second kappa shape index (κ2) is 12.6. The van der Waals surface area contributed by atoms with Crippen molar-refractivity contribution < 1.29 is 8.42 Å². The number of nitrogens with one attached hydrogen (secondary N) is 1. The van der Waals surface area contributed by atoms with Gasteiger partial charge in [-0.15, -0.1) is 35.7 Å². The lowest BCUT2D eigenvalue weighted by molar-refractivity contribution is 0.474. The first kappa shape index (κ1) is 25.0. The van der Waals surface area contributed by atoms with Crippen LogP contribution in [0.5, 0.6) is 0 Å². The summed E-state index contributed by atoms with van der Waals surface area (Å²) in [6.07, 6.45) is 1.71. The van der Waals surface area contributed by atoms with Crippen LogP contribution >= 0.6 is 35.7 Å². The van der Waals surface area contributed by atoms with E-state index in [2.05, 4.69) is 39.5 Å². The van der Waals surface area contributed by atoms with Crippen molar-refractivity contribution in [3.63, 3.8) is 0 Å². The van der Waals surface area contributed by atoms with Gasteiger partial charge >= 0.3 is 0 Å². The Hall–Kier alpha value is -1.26. The third-order valence-electron chi connectivity index (χ3n) is 5.00. The molecule has 2 aromatic carbocycles. The van der Waals surface area contributed by atoms with Gasteiger partial charge < -0.3 is 10.2 Å². The van der Waals surface area contributed by atoms with Crippen LogP contribution in [0.3, 0.4) is 0 Å². The number of rotatable bonds is 8. The van der Waals surface area contributed by atoms with E-state index in [0.29, 0.717) is 23.8 Å². The molecule has 1 fully saturated rings. The average molecular weight is 560 g/mol. The third-order valence-corrected chi connectivity index (χ3v) is 8.06. The molecule has 2 aromatic rings. The molecule has 0 spiro atoms. The van der Waals surface area contributed by atoms with Crippen molar-refractivity contribution in [1.29, 1.82) is 0 Å². The maximum absolute atomic E-state index is 12.4. The Morgan fingerprint density at radius 2 is 1.80 bits per heavy atom. The number of aliphatic imine (C=N–C) groups is 1. The average Bonchev–Trinajstić information content (AvgIpc) is 3.22. The summed E-state index contributed by atoms with van der Waals surface area (Å²) in [6.45, 7) is 2.57. The van der Waals surface area contributed by atoms with Crippen LogP contribution in [0, 0.1) is 5.92 Å². The minimum absolute atomic E-state index is 0. The van der Waals surface area contributed by atoms with E-state index in [1.165, 1.54) is 4.90 Å². The number of guanidine groups is 1. The molecular weight excluding hydrogens is 529 g/mol. The number of likely N-dealkylation sites (tertiary alicyclic amines) is 1. The Labute approximate surface area is 201 Å². The van der Waals surface area contributed by atoms with E-state index in [9.17, 15) is 8.42 Å². The number of nitrogens with zero attached hydrogens (tertiary/aromatic N) is 2. The van der Waals surface area contributed by atoms with Crippen molar-refractivity contribution in [2.75, 3.05) is 38.2 Å². The Bertz CT molecular complexity index is 893. The summed E-state index contributed by atoms with van der Waals surface area (Å²) < 4.78 is 24.7. The van der Waals surface area contributed by atoms with Gasteiger partial charge in [0.2, 0.25) is 0 Å². The molecule has 0 saturated carbocycles. The quantitative estimate of drug-likeness (QED) is 0.173. The van der Waals surface area contributed by atoms with Crippen molar-refractivity contribution in [2.24, 2.45) is 10.9 Å². The van der Waals surface area contributed by atoms with E-state index in [1.54, 1.807) is 31.3 Å². The van der Waals surface area contributed by atoms with Gasteiger partial charge in [-0.3, -0.25) is 4.99 Å². The van der Waals surface area contributed by atoms with Gasteiger partial charge in [0, 0.05) is 37.3 Å². The fourth-order valence-corrected chi connectivity index (χ4v) is 5.81. The zero-order chi connectivity index (χ0) is 20.5. The molecule has 30 heavy (non-hydrogen) atoms. The highest BCUT2D eigenvalue weighted by atomic mass is 127. The van der Waals surface area contributed by atoms with Crippen LogP contribution < -0.4 is 5.32 Å². The smallest absolute Gasteiger partial charge is 0.193 e. The molecule has 0 amide bonds. The van der Waals surface area contributed by atoms with E-state index < -0.39 is 9.84 Å². The molecule has 3 rings (SSSR count). The molecule has 1 unspecified atom stereocenters. The number of benzene rings is 2. The summed E-state index contributed by atoms with van der Waals surface area (Å²) in [5.41, 5.74) is 0. The molecule has 0 aromatic heterocycles. The molecule has 8 heteroatoms. The monoisotopic (exact) mass is 559 g/mol. The Kier molecular flexibility index (Phi) is 10.5. The molecule has 0 radical (unpaired) electrons. The first-order valence-corrected chi connectivity index (χ1v) is 12.6. The highest BCUT2D eigenvalue weighted by molar-refractivity contribution is 14.0. The van der Waals surface area contributed by atoms with Gasteiger partial charge in [-0.1, -0.05) is 36.4 Å². The SMILES string of the molecule is CN=C(NCCCS(=O)(=O)c1ccccc1)N1CCC(CSc2ccccc2)C1.I. The minimum atomic E-state index is -3.22. The van der Waals surface area contributed by atoms with Crippen molar-refractivity contribution in [2.45, 2.75) is 22.6 Å². The molecule has 0 aliphatic carbocycles. The molecule has 1 aliphatic rings. The van der Waals surface area contributed by atoms with Crippen LogP contribution in [-0.4, -0.2) is 57.5 Å². The van der Waals surface area contributed by atoms with Crippen LogP contribution in [-0.2, 0) is 9.84 Å². The fourth-order valence-electron chi connectivity index (χ4n) is 3.43. The summed E-state index contributed by atoms with van der Waals surface area (Å²) in [6, 6.07) is 19.1. The zero-order valence-corrected chi connectivity index (χ0v) is 21.2. The molecular formula is C22H30IN3O2S2. The number of hydrogen-bond donors (Lipinski definition) is 1. The summed E-state index contributed by atoms with van der Waals surface area (Å²) in [5, 5.41) is 3.33. The van der Waals surface area contributed by atoms with E-state index in [0.717, 1.165) is 31.2 Å². The number of hydrogen-bond acceptors (Lipinski definition) is 4. The first-order valence-electron chi connectivity index (χ1n) is 10.00. The normalized spacial score (nSPS) is 16.9. The summed E-state index contributed by atoms with van der Waals surface area (Å²) in [4.78, 5) is 8.37. The standard InChI is InChI=1S/C22H29N3O2S2.HI/c1-23-22(24-14-8-16-29(26,27)21-11-6-3-7-12-21)25-15-13-19(17-25)18-28-20-9-4-2-5-10-20;/h2-7,9-12,19H,8,13-18H2,1H3,(H,23,24);1H. The van der Waals surface area contributed by atoms with Gasteiger partial charge in [0.15, 0.2) is 15.8 Å². The van der Waals surface area contributed by atoms with Crippen LogP contribution in [0.4, 0.5) is 0 Å². The van der Waals surface area contributed by atoms with Crippen LogP contribution in [0.25, 0.3) is 0 Å². The molecule has 1 atom stereocenters. The number of sulfone groups is 1. The van der Waals surface area contributed by atoms with Crippen molar-refractivity contribution in [3.05, 3.63) is 60.7 Å². The Morgan fingerprint density at radius 1 is 1.13 bits per heavy atom. The molecule has 0 bridgehead atoms. The molecule has 5 nitrogen and oxygen atoms in total. The van der Waals surface area contributed by atoms with E-state index >= 15 is 0 Å². The fraction of sp³-hybridized carbons (Fsp3) is 0.409. The second-order valence-corrected chi connectivity index (χ2v) is 10.4. The van der Waals surface area contributed by atoms with Crippen LogP contribution in [0.2, 0.25) is 0 Å². The van der Waals surface area contributed by atoms with Crippen molar-refractivity contribution >= 4 is 51.5 Å². The van der Waals surface area contributed by atoms with Crippen molar-refractivity contribution in [1.82, 2.24) is 10.2 Å². The Balaban J connectivity index is 0.00000320. The third kappa shape index (κ3) is 7.46. The molecule has 1 heterocycles. The largest absolute Gasteiger partial charge is 0.356 e. The topological polar surface area (TPSA) is 61.8 Å². The molecule has 1 saturated heterocycles. The van der Waals surface area contributed by atoms with Gasteiger partial charge in [-0.05, 0) is 43.0 Å². The predicted octanol–water partition coefficient (Wildman–Crippen LogP) is 4.16. The number of thioether (sulfide) groups is 1. The van der Waals surface area contributed by atoms with E-state index in [-0.39, 0.29) is 29.7 Å². The summed E-state index contributed by atoms with van der Waals surface area (Å²) >= 11 is 1.91. The lowest BCUT2D eigenvalue weighted by Crippen LogP contribution is -2.40. The summed E-state index contributed by atoms with van der Waals surface area (Å²) in [7, 11) is -1.44. The Morgan fingerprint density at radius 3 is 2.47 bits per heavy atom. The van der Waals surface area contributed by atoms with Gasteiger partial charge in [0.1, 0.15) is 0 Å². The van der Waals surface area contributed by atoms with E-state index in [1.807, 2.05) is 23.9 Å². The maximum atomic E-state index is 12.4. The zero-order valence-electron chi connectivity index (χ0n) is 17.2. The lowest BCUT2D eigenvalue weighted by Gasteiger charge is -2.21. The highest BCUT2D eigenvalue weighted by Crippen LogP contribution is 2.25. The predicted molar refractivity (Wildman–Crippen MR) is 137 cm³/mol.